The molecule has 16 heavy (non-hydrogen) atoms. The van der Waals surface area contributed by atoms with E-state index in [1.165, 1.54) is 0 Å². The van der Waals surface area contributed by atoms with E-state index in [-0.39, 0.29) is 11.9 Å². The van der Waals surface area contributed by atoms with Gasteiger partial charge in [-0.05, 0) is 47.6 Å². The molecule has 4 heteroatoms. The van der Waals surface area contributed by atoms with Gasteiger partial charge < -0.3 is 11.1 Å². The van der Waals surface area contributed by atoms with E-state index in [4.69, 9.17) is 5.73 Å². The van der Waals surface area contributed by atoms with Gasteiger partial charge in [-0.2, -0.15) is 0 Å². The number of carbonyl (C=O) groups is 1. The van der Waals surface area contributed by atoms with E-state index < -0.39 is 0 Å². The number of nitrogens with one attached hydrogen (secondary N) is 1. The Kier molecular flexibility index (Phi) is 5.21. The summed E-state index contributed by atoms with van der Waals surface area (Å²) < 4.78 is 1.00. The van der Waals surface area contributed by atoms with Crippen LogP contribution in [0.5, 0.6) is 0 Å². The number of rotatable bonds is 4. The molecule has 0 saturated carbocycles. The fourth-order valence-corrected chi connectivity index (χ4v) is 1.89. The molecule has 0 saturated heterocycles. The number of nitrogens with two attached hydrogens (primary N) is 1. The number of amides is 1. The molecule has 0 aliphatic rings. The van der Waals surface area contributed by atoms with E-state index in [1.54, 1.807) is 0 Å². The highest BCUT2D eigenvalue weighted by atomic mass is 127. The van der Waals surface area contributed by atoms with Gasteiger partial charge in [-0.3, -0.25) is 4.79 Å². The molecular formula is C12H17IN2O. The fourth-order valence-electron chi connectivity index (χ4n) is 1.29. The normalized spacial score (nSPS) is 12.2. The first-order chi connectivity index (χ1) is 7.56. The molecule has 1 unspecified atom stereocenters. The van der Waals surface area contributed by atoms with E-state index in [9.17, 15) is 4.79 Å². The van der Waals surface area contributed by atoms with Crippen molar-refractivity contribution in [2.75, 3.05) is 6.54 Å². The third kappa shape index (κ3) is 3.45. The minimum Gasteiger partial charge on any atom is -0.350 e. The molecule has 0 bridgehead atoms. The maximum absolute atomic E-state index is 11.9. The first-order valence-corrected chi connectivity index (χ1v) is 6.43. The lowest BCUT2D eigenvalue weighted by Gasteiger charge is -2.11. The summed E-state index contributed by atoms with van der Waals surface area (Å²) in [5, 5.41) is 2.85. The maximum atomic E-state index is 11.9. The van der Waals surface area contributed by atoms with Crippen molar-refractivity contribution in [2.45, 2.75) is 26.3 Å². The Balaban J connectivity index is 2.70. The smallest absolute Gasteiger partial charge is 0.252 e. The number of halogens is 1. The number of aryl methyl sites for hydroxylation is 1. The molecule has 0 heterocycles. The van der Waals surface area contributed by atoms with Crippen LogP contribution in [-0.4, -0.2) is 18.5 Å². The van der Waals surface area contributed by atoms with E-state index in [0.29, 0.717) is 6.54 Å². The number of benzene rings is 1. The zero-order valence-corrected chi connectivity index (χ0v) is 11.7. The first-order valence-electron chi connectivity index (χ1n) is 5.35. The van der Waals surface area contributed by atoms with Crippen LogP contribution in [0.25, 0.3) is 0 Å². The van der Waals surface area contributed by atoms with Gasteiger partial charge in [0.05, 0.1) is 5.56 Å². The van der Waals surface area contributed by atoms with Crippen LogP contribution in [0.2, 0.25) is 0 Å². The largest absolute Gasteiger partial charge is 0.350 e. The molecular weight excluding hydrogens is 315 g/mol. The number of hydrogen-bond donors (Lipinski definition) is 2. The topological polar surface area (TPSA) is 55.1 Å². The molecule has 3 nitrogen and oxygen atoms in total. The maximum Gasteiger partial charge on any atom is 0.252 e. The fraction of sp³-hybridized carbons (Fsp3) is 0.417. The summed E-state index contributed by atoms with van der Waals surface area (Å²) in [7, 11) is 0. The molecule has 0 aromatic heterocycles. The van der Waals surface area contributed by atoms with Crippen LogP contribution in [0.1, 0.15) is 29.3 Å². The third-order valence-electron chi connectivity index (χ3n) is 2.49. The molecule has 0 spiro atoms. The Morgan fingerprint density at radius 3 is 2.88 bits per heavy atom. The second-order valence-electron chi connectivity index (χ2n) is 3.81. The Morgan fingerprint density at radius 2 is 2.25 bits per heavy atom. The molecule has 0 fully saturated rings. The van der Waals surface area contributed by atoms with Crippen LogP contribution in [0, 0.1) is 10.5 Å². The average Bonchev–Trinajstić information content (AvgIpc) is 2.29. The van der Waals surface area contributed by atoms with Crippen LogP contribution in [0.4, 0.5) is 0 Å². The van der Waals surface area contributed by atoms with Gasteiger partial charge in [0.15, 0.2) is 0 Å². The molecule has 0 radical (unpaired) electrons. The first kappa shape index (κ1) is 13.4. The quantitative estimate of drug-likeness (QED) is 0.830. The van der Waals surface area contributed by atoms with Gasteiger partial charge in [-0.1, -0.05) is 19.1 Å². The Hall–Kier alpha value is -0.620. The summed E-state index contributed by atoms with van der Waals surface area (Å²) in [6.45, 7) is 4.53. The highest BCUT2D eigenvalue weighted by Gasteiger charge is 2.11. The molecule has 1 rings (SSSR count). The van der Waals surface area contributed by atoms with E-state index >= 15 is 0 Å². The van der Waals surface area contributed by atoms with Gasteiger partial charge in [0.2, 0.25) is 0 Å². The summed E-state index contributed by atoms with van der Waals surface area (Å²) >= 11 is 2.19. The summed E-state index contributed by atoms with van der Waals surface area (Å²) in [4.78, 5) is 11.9. The average molecular weight is 332 g/mol. The monoisotopic (exact) mass is 332 g/mol. The van der Waals surface area contributed by atoms with Gasteiger partial charge in [-0.25, -0.2) is 0 Å². The Bertz CT molecular complexity index is 379. The number of carbonyl (C=O) groups excluding carboxylic acids is 1. The second kappa shape index (κ2) is 6.20. The number of hydrogen-bond acceptors (Lipinski definition) is 2. The Labute approximate surface area is 110 Å². The second-order valence-corrected chi connectivity index (χ2v) is 4.89. The van der Waals surface area contributed by atoms with Crippen molar-refractivity contribution in [1.82, 2.24) is 5.32 Å². The lowest BCUT2D eigenvalue weighted by molar-refractivity contribution is 0.0950. The molecule has 1 aromatic rings. The van der Waals surface area contributed by atoms with Crippen LogP contribution in [0.15, 0.2) is 18.2 Å². The van der Waals surface area contributed by atoms with Gasteiger partial charge in [0.1, 0.15) is 0 Å². The predicted molar refractivity (Wildman–Crippen MR) is 74.5 cm³/mol. The van der Waals surface area contributed by atoms with Gasteiger partial charge in [0, 0.05) is 16.2 Å². The van der Waals surface area contributed by atoms with Crippen molar-refractivity contribution in [3.8, 4) is 0 Å². The van der Waals surface area contributed by atoms with E-state index in [0.717, 1.165) is 21.1 Å². The molecule has 3 N–H and O–H groups in total. The lowest BCUT2D eigenvalue weighted by atomic mass is 10.1. The van der Waals surface area contributed by atoms with Crippen molar-refractivity contribution >= 4 is 28.5 Å². The zero-order chi connectivity index (χ0) is 12.1. The minimum absolute atomic E-state index is 0.0337. The van der Waals surface area contributed by atoms with Crippen molar-refractivity contribution in [3.05, 3.63) is 32.9 Å². The lowest BCUT2D eigenvalue weighted by Crippen LogP contribution is -2.37. The SMILES string of the molecule is CCC(N)CNC(=O)c1cccc(C)c1I. The van der Waals surface area contributed by atoms with Gasteiger partial charge in [-0.15, -0.1) is 0 Å². The van der Waals surface area contributed by atoms with Crippen molar-refractivity contribution in [3.63, 3.8) is 0 Å². The molecule has 88 valence electrons. The highest BCUT2D eigenvalue weighted by Crippen LogP contribution is 2.16. The van der Waals surface area contributed by atoms with E-state index in [1.807, 2.05) is 32.0 Å². The van der Waals surface area contributed by atoms with Gasteiger partial charge >= 0.3 is 0 Å². The summed E-state index contributed by atoms with van der Waals surface area (Å²) in [6.07, 6.45) is 0.866. The summed E-state index contributed by atoms with van der Waals surface area (Å²) in [5.74, 6) is -0.0444. The van der Waals surface area contributed by atoms with Crippen LogP contribution < -0.4 is 11.1 Å². The highest BCUT2D eigenvalue weighted by molar-refractivity contribution is 14.1. The Morgan fingerprint density at radius 1 is 1.56 bits per heavy atom. The van der Waals surface area contributed by atoms with Gasteiger partial charge in [0.25, 0.3) is 5.91 Å². The molecule has 0 aliphatic carbocycles. The summed E-state index contributed by atoms with van der Waals surface area (Å²) in [6, 6.07) is 5.76. The standard InChI is InChI=1S/C12H17IN2O/c1-3-9(14)7-15-12(16)10-6-4-5-8(2)11(10)13/h4-6,9H,3,7,14H2,1-2H3,(H,15,16). The van der Waals surface area contributed by atoms with Crippen LogP contribution in [-0.2, 0) is 0 Å². The van der Waals surface area contributed by atoms with Crippen molar-refractivity contribution < 1.29 is 4.79 Å². The molecule has 0 aliphatic heterocycles. The van der Waals surface area contributed by atoms with Crippen molar-refractivity contribution in [1.29, 1.82) is 0 Å². The molecule has 1 aromatic carbocycles. The molecule has 1 atom stereocenters. The predicted octanol–water partition coefficient (Wildman–Crippen LogP) is 2.07. The van der Waals surface area contributed by atoms with Crippen LogP contribution in [0.3, 0.4) is 0 Å². The third-order valence-corrected chi connectivity index (χ3v) is 3.92. The minimum atomic E-state index is -0.0444. The zero-order valence-electron chi connectivity index (χ0n) is 9.59. The van der Waals surface area contributed by atoms with E-state index in [2.05, 4.69) is 27.9 Å². The van der Waals surface area contributed by atoms with Crippen LogP contribution >= 0.6 is 22.6 Å². The summed E-state index contributed by atoms with van der Waals surface area (Å²) in [5.41, 5.74) is 7.60. The van der Waals surface area contributed by atoms with Crippen molar-refractivity contribution in [2.24, 2.45) is 5.73 Å². The molecule has 1 amide bonds.